The average Bonchev–Trinajstić information content (AvgIpc) is 3.26. The molecule has 2 aliphatic rings. The summed E-state index contributed by atoms with van der Waals surface area (Å²) in [6.07, 6.45) is 0.700. The summed E-state index contributed by atoms with van der Waals surface area (Å²) in [5.74, 6) is 0.196. The second kappa shape index (κ2) is 8.56. The van der Waals surface area contributed by atoms with Crippen molar-refractivity contribution in [3.05, 3.63) is 65.2 Å². The molecule has 1 unspecified atom stereocenters. The van der Waals surface area contributed by atoms with Gasteiger partial charge in [-0.3, -0.25) is 23.5 Å². The number of aliphatic hydroxyl groups excluding tert-OH is 1. The van der Waals surface area contributed by atoms with Gasteiger partial charge in [0.05, 0.1) is 30.0 Å². The zero-order chi connectivity index (χ0) is 21.3. The van der Waals surface area contributed by atoms with Crippen LogP contribution in [0.5, 0.6) is 0 Å². The van der Waals surface area contributed by atoms with Crippen molar-refractivity contribution in [2.45, 2.75) is 30.7 Å². The highest BCUT2D eigenvalue weighted by Gasteiger charge is 2.29. The van der Waals surface area contributed by atoms with Crippen molar-refractivity contribution in [1.82, 2.24) is 9.80 Å². The zero-order valence-corrected chi connectivity index (χ0v) is 17.9. The van der Waals surface area contributed by atoms with Gasteiger partial charge in [-0.05, 0) is 29.2 Å². The molecule has 0 saturated carbocycles. The Labute approximate surface area is 178 Å². The predicted molar refractivity (Wildman–Crippen MR) is 119 cm³/mol. The van der Waals surface area contributed by atoms with Crippen molar-refractivity contribution in [1.29, 1.82) is 0 Å². The molecular weight excluding hydrogens is 402 g/mol. The number of β-amino-alcohol motifs (C(OH)–C–C–N with tert-alkyl or cyclic N) is 1. The largest absolute Gasteiger partial charge is 0.392 e. The molecule has 1 saturated heterocycles. The summed E-state index contributed by atoms with van der Waals surface area (Å²) < 4.78 is 22.5. The lowest BCUT2D eigenvalue weighted by atomic mass is 10.0. The first kappa shape index (κ1) is 21.1. The van der Waals surface area contributed by atoms with Crippen LogP contribution < -0.4 is 4.72 Å². The van der Waals surface area contributed by atoms with Crippen LogP contribution >= 0.6 is 10.8 Å². The topological polar surface area (TPSA) is 96.3 Å². The van der Waals surface area contributed by atoms with E-state index in [0.29, 0.717) is 18.8 Å². The fourth-order valence-electron chi connectivity index (χ4n) is 4.21. The third kappa shape index (κ3) is 4.79. The van der Waals surface area contributed by atoms with Gasteiger partial charge in [-0.2, -0.15) is 0 Å². The van der Waals surface area contributed by atoms with Gasteiger partial charge < -0.3 is 10.0 Å². The van der Waals surface area contributed by atoms with Crippen LogP contribution in [-0.4, -0.2) is 62.7 Å². The predicted octanol–water partition coefficient (Wildman–Crippen LogP) is 3.09. The van der Waals surface area contributed by atoms with Crippen LogP contribution in [0.2, 0.25) is 0 Å². The van der Waals surface area contributed by atoms with Gasteiger partial charge in [0.25, 0.3) is 0 Å². The molecule has 30 heavy (non-hydrogen) atoms. The minimum absolute atomic E-state index is 0.00634. The van der Waals surface area contributed by atoms with E-state index in [9.17, 15) is 19.0 Å². The molecule has 0 spiro atoms. The van der Waals surface area contributed by atoms with Gasteiger partial charge in [0.1, 0.15) is 0 Å². The molecule has 2 aromatic rings. The molecule has 0 bridgehead atoms. The minimum Gasteiger partial charge on any atom is -0.392 e. The molecule has 0 radical (unpaired) electrons. The van der Waals surface area contributed by atoms with Gasteiger partial charge >= 0.3 is 0 Å². The number of aliphatic hydroxyl groups is 1. The number of benzene rings is 2. The number of likely N-dealkylation sites (tertiary alicyclic amines) is 1. The molecule has 0 aromatic heterocycles. The third-order valence-electron chi connectivity index (χ3n) is 5.88. The summed E-state index contributed by atoms with van der Waals surface area (Å²) in [5.41, 5.74) is 3.45. The molecular formula is C22H29N3O4S. The van der Waals surface area contributed by atoms with Crippen molar-refractivity contribution in [3.8, 4) is 0 Å². The second-order valence-electron chi connectivity index (χ2n) is 8.21. The van der Waals surface area contributed by atoms with Crippen LogP contribution in [0.15, 0.2) is 48.5 Å². The summed E-state index contributed by atoms with van der Waals surface area (Å²) in [7, 11) is -0.978. The Morgan fingerprint density at radius 2 is 2.03 bits per heavy atom. The first-order chi connectivity index (χ1) is 14.3. The summed E-state index contributed by atoms with van der Waals surface area (Å²) in [6, 6.07) is 15.4. The van der Waals surface area contributed by atoms with Crippen LogP contribution in [0.4, 0.5) is 5.69 Å². The lowest BCUT2D eigenvalue weighted by Crippen LogP contribution is -2.39. The molecule has 162 valence electrons. The number of nitrogens with zero attached hydrogens (tertiary/aromatic N) is 2. The average molecular weight is 432 g/mol. The molecule has 4 N–H and O–H groups in total. The number of carbonyl (C=O) groups is 1. The van der Waals surface area contributed by atoms with Gasteiger partial charge in [0.15, 0.2) is 0 Å². The van der Waals surface area contributed by atoms with Gasteiger partial charge in [0, 0.05) is 26.7 Å². The van der Waals surface area contributed by atoms with Crippen molar-refractivity contribution in [2.24, 2.45) is 0 Å². The molecule has 2 heterocycles. The molecule has 2 aromatic carbocycles. The standard InChI is InChI=1S/C22H29N3O4S/c1-24(21(17-5-3-2-4-6-17)14-25-10-9-19(26)13-25)22(27)12-16-7-8-18-15-30(28,29)23-20(18)11-16/h2-8,11,19,21,23,26,28-29H,9-10,12-15H2,1H3/t19?,21-/m1/s1. The number of rotatable bonds is 6. The van der Waals surface area contributed by atoms with Crippen LogP contribution in [0.1, 0.15) is 29.2 Å². The normalized spacial score (nSPS) is 22.2. The lowest BCUT2D eigenvalue weighted by molar-refractivity contribution is -0.131. The smallest absolute Gasteiger partial charge is 0.227 e. The van der Waals surface area contributed by atoms with E-state index in [0.717, 1.165) is 29.7 Å². The van der Waals surface area contributed by atoms with Crippen LogP contribution in [-0.2, 0) is 17.0 Å². The maximum Gasteiger partial charge on any atom is 0.227 e. The Hall–Kier alpha value is -2.10. The number of anilines is 1. The van der Waals surface area contributed by atoms with Crippen molar-refractivity contribution in [2.75, 3.05) is 31.4 Å². The highest BCUT2D eigenvalue weighted by Crippen LogP contribution is 2.50. The molecule has 1 fully saturated rings. The number of likely N-dealkylation sites (N-methyl/N-ethyl adjacent to an activating group) is 1. The molecule has 2 aliphatic heterocycles. The van der Waals surface area contributed by atoms with Gasteiger partial charge in [-0.25, -0.2) is 0 Å². The first-order valence-corrected chi connectivity index (χ1v) is 11.9. The number of nitrogens with one attached hydrogen (secondary N) is 1. The Morgan fingerprint density at radius 1 is 1.27 bits per heavy atom. The van der Waals surface area contributed by atoms with Crippen molar-refractivity contribution < 1.29 is 19.0 Å². The van der Waals surface area contributed by atoms with E-state index < -0.39 is 10.8 Å². The van der Waals surface area contributed by atoms with E-state index in [2.05, 4.69) is 9.62 Å². The molecule has 0 aliphatic carbocycles. The summed E-state index contributed by atoms with van der Waals surface area (Å²) in [4.78, 5) is 17.1. The van der Waals surface area contributed by atoms with E-state index in [1.165, 1.54) is 0 Å². The fourth-order valence-corrected chi connectivity index (χ4v) is 5.51. The number of hydrogen-bond acceptors (Lipinski definition) is 6. The highest BCUT2D eigenvalue weighted by atomic mass is 32.3. The molecule has 2 atom stereocenters. The highest BCUT2D eigenvalue weighted by molar-refractivity contribution is 8.25. The maximum atomic E-state index is 13.1. The molecule has 7 nitrogen and oxygen atoms in total. The van der Waals surface area contributed by atoms with Crippen LogP contribution in [0.3, 0.4) is 0 Å². The first-order valence-electron chi connectivity index (χ1n) is 10.2. The number of hydrogen-bond donors (Lipinski definition) is 4. The van der Waals surface area contributed by atoms with Gasteiger partial charge in [-0.1, -0.05) is 42.5 Å². The number of amides is 1. The zero-order valence-electron chi connectivity index (χ0n) is 17.1. The van der Waals surface area contributed by atoms with E-state index >= 15 is 0 Å². The molecule has 1 amide bonds. The third-order valence-corrected chi connectivity index (χ3v) is 7.14. The minimum atomic E-state index is -2.81. The molecule has 4 rings (SSSR count). The van der Waals surface area contributed by atoms with Crippen LogP contribution in [0, 0.1) is 0 Å². The Kier molecular flexibility index (Phi) is 6.04. The summed E-state index contributed by atoms with van der Waals surface area (Å²) >= 11 is 0. The Balaban J connectivity index is 1.48. The summed E-state index contributed by atoms with van der Waals surface area (Å²) in [6.45, 7) is 2.14. The Bertz CT molecular complexity index is 909. The fraction of sp³-hybridized carbons (Fsp3) is 0.409. The van der Waals surface area contributed by atoms with E-state index in [-0.39, 0.29) is 30.2 Å². The van der Waals surface area contributed by atoms with Gasteiger partial charge in [-0.15, -0.1) is 10.8 Å². The maximum absolute atomic E-state index is 13.1. The number of fused-ring (bicyclic) bond motifs is 1. The monoisotopic (exact) mass is 431 g/mol. The summed E-state index contributed by atoms with van der Waals surface area (Å²) in [5, 5.41) is 9.88. The van der Waals surface area contributed by atoms with Crippen molar-refractivity contribution >= 4 is 22.4 Å². The Morgan fingerprint density at radius 3 is 2.73 bits per heavy atom. The quantitative estimate of drug-likeness (QED) is 0.561. The van der Waals surface area contributed by atoms with E-state index in [1.807, 2.05) is 55.6 Å². The molecule has 8 heteroatoms. The van der Waals surface area contributed by atoms with Crippen LogP contribution in [0.25, 0.3) is 0 Å². The van der Waals surface area contributed by atoms with Crippen molar-refractivity contribution in [3.63, 3.8) is 0 Å². The number of carbonyl (C=O) groups excluding carboxylic acids is 1. The van der Waals surface area contributed by atoms with Gasteiger partial charge in [0.2, 0.25) is 5.91 Å². The van der Waals surface area contributed by atoms with E-state index in [1.54, 1.807) is 4.90 Å². The lowest BCUT2D eigenvalue weighted by Gasteiger charge is -2.32. The van der Waals surface area contributed by atoms with E-state index in [4.69, 9.17) is 0 Å². The second-order valence-corrected chi connectivity index (χ2v) is 10.0. The SMILES string of the molecule is CN(C(=O)Cc1ccc2c(c1)NS(O)(O)C2)[C@H](CN1CCC(O)C1)c1ccccc1.